The molecule has 1 N–H and O–H groups in total. The molecule has 1 saturated heterocycles. The molecule has 1 fully saturated rings. The highest BCUT2D eigenvalue weighted by Crippen LogP contribution is 2.18. The molecule has 0 aliphatic carbocycles. The van der Waals surface area contributed by atoms with Crippen LogP contribution in [0.5, 0.6) is 0 Å². The molecule has 16 heavy (non-hydrogen) atoms. The molecule has 1 aromatic heterocycles. The fourth-order valence-electron chi connectivity index (χ4n) is 1.49. The molecule has 0 saturated carbocycles. The molecular formula is C8H10ClN3O3S. The van der Waals surface area contributed by atoms with Crippen molar-refractivity contribution < 1.29 is 14.6 Å². The third-order valence-corrected chi connectivity index (χ3v) is 3.29. The molecule has 0 bridgehead atoms. The second-order valence-corrected chi connectivity index (χ2v) is 4.83. The number of aliphatic hydroxyl groups excluding tert-OH is 1. The van der Waals surface area contributed by atoms with Crippen molar-refractivity contribution in [3.8, 4) is 0 Å². The second-order valence-electron chi connectivity index (χ2n) is 3.27. The maximum atomic E-state index is 12.0. The van der Waals surface area contributed by atoms with Crippen molar-refractivity contribution in [2.45, 2.75) is 6.04 Å². The minimum atomic E-state index is -0.316. The molecular weight excluding hydrogens is 254 g/mol. The lowest BCUT2D eigenvalue weighted by molar-refractivity contribution is -0.0184. The summed E-state index contributed by atoms with van der Waals surface area (Å²) in [6.45, 7) is 1.13. The van der Waals surface area contributed by atoms with Crippen LogP contribution in [-0.2, 0) is 4.74 Å². The first-order valence-electron chi connectivity index (χ1n) is 4.71. The lowest BCUT2D eigenvalue weighted by Crippen LogP contribution is -2.50. The summed E-state index contributed by atoms with van der Waals surface area (Å²) in [5.74, 6) is -0.258. The van der Waals surface area contributed by atoms with Gasteiger partial charge in [0.05, 0.1) is 25.9 Å². The molecule has 1 atom stereocenters. The van der Waals surface area contributed by atoms with Crippen molar-refractivity contribution in [1.82, 2.24) is 15.1 Å². The summed E-state index contributed by atoms with van der Waals surface area (Å²) in [7, 11) is 0. The van der Waals surface area contributed by atoms with Crippen LogP contribution in [0.25, 0.3) is 0 Å². The van der Waals surface area contributed by atoms with E-state index in [1.54, 1.807) is 4.90 Å². The Morgan fingerprint density at radius 2 is 2.50 bits per heavy atom. The van der Waals surface area contributed by atoms with Crippen molar-refractivity contribution in [3.63, 3.8) is 0 Å². The summed E-state index contributed by atoms with van der Waals surface area (Å²) in [5.41, 5.74) is 0. The number of hydrogen-bond donors (Lipinski definition) is 1. The summed E-state index contributed by atoms with van der Waals surface area (Å²) >= 11 is 6.65. The van der Waals surface area contributed by atoms with E-state index in [1.165, 1.54) is 0 Å². The molecule has 1 aromatic rings. The number of rotatable bonds is 2. The molecule has 2 heterocycles. The number of aliphatic hydroxyl groups is 1. The fraction of sp³-hybridized carbons (Fsp3) is 0.625. The van der Waals surface area contributed by atoms with Gasteiger partial charge in [-0.3, -0.25) is 4.79 Å². The largest absolute Gasteiger partial charge is 0.394 e. The molecule has 1 amide bonds. The van der Waals surface area contributed by atoms with Crippen molar-refractivity contribution in [2.75, 3.05) is 26.4 Å². The molecule has 1 unspecified atom stereocenters. The van der Waals surface area contributed by atoms with Crippen LogP contribution in [0.1, 0.15) is 9.80 Å². The minimum Gasteiger partial charge on any atom is -0.394 e. The van der Waals surface area contributed by atoms with Crippen molar-refractivity contribution in [1.29, 1.82) is 0 Å². The summed E-state index contributed by atoms with van der Waals surface area (Å²) < 4.78 is 5.42. The predicted molar refractivity (Wildman–Crippen MR) is 57.6 cm³/mol. The maximum Gasteiger partial charge on any atom is 0.285 e. The average Bonchev–Trinajstić information content (AvgIpc) is 2.75. The lowest BCUT2D eigenvalue weighted by Gasteiger charge is -2.33. The smallest absolute Gasteiger partial charge is 0.285 e. The third-order valence-electron chi connectivity index (χ3n) is 2.28. The molecule has 0 aromatic carbocycles. The van der Waals surface area contributed by atoms with Gasteiger partial charge in [0.1, 0.15) is 0 Å². The molecule has 1 aliphatic rings. The number of aromatic nitrogens is 2. The third kappa shape index (κ3) is 2.32. The Kier molecular flexibility index (Phi) is 3.70. The van der Waals surface area contributed by atoms with Gasteiger partial charge in [-0.15, -0.1) is 10.2 Å². The van der Waals surface area contributed by atoms with Gasteiger partial charge in [-0.25, -0.2) is 0 Å². The van der Waals surface area contributed by atoms with Gasteiger partial charge in [-0.05, 0) is 11.6 Å². The van der Waals surface area contributed by atoms with Crippen LogP contribution < -0.4 is 0 Å². The zero-order valence-electron chi connectivity index (χ0n) is 8.30. The minimum absolute atomic E-state index is 0.127. The first-order valence-corrected chi connectivity index (χ1v) is 5.90. The van der Waals surface area contributed by atoms with E-state index in [9.17, 15) is 4.79 Å². The monoisotopic (exact) mass is 263 g/mol. The van der Waals surface area contributed by atoms with E-state index in [1.807, 2.05) is 0 Å². The maximum absolute atomic E-state index is 12.0. The van der Waals surface area contributed by atoms with E-state index in [0.717, 1.165) is 11.3 Å². The summed E-state index contributed by atoms with van der Waals surface area (Å²) in [6.07, 6.45) is 0. The van der Waals surface area contributed by atoms with Gasteiger partial charge in [0.2, 0.25) is 9.47 Å². The Morgan fingerprint density at radius 3 is 3.12 bits per heavy atom. The standard InChI is InChI=1S/C8H10ClN3O3S/c9-8-11-10-6(16-8)7(14)12-1-2-15-4-5(12)3-13/h5,13H,1-4H2. The van der Waals surface area contributed by atoms with E-state index in [-0.39, 0.29) is 28.0 Å². The van der Waals surface area contributed by atoms with Crippen LogP contribution in [0.2, 0.25) is 4.47 Å². The van der Waals surface area contributed by atoms with Crippen LogP contribution in [0.4, 0.5) is 0 Å². The molecule has 8 heteroatoms. The zero-order valence-corrected chi connectivity index (χ0v) is 9.87. The number of halogens is 1. The molecule has 0 spiro atoms. The average molecular weight is 264 g/mol. The highest BCUT2D eigenvalue weighted by atomic mass is 35.5. The van der Waals surface area contributed by atoms with Gasteiger partial charge in [-0.2, -0.15) is 0 Å². The number of carbonyl (C=O) groups is 1. The zero-order chi connectivity index (χ0) is 11.5. The lowest BCUT2D eigenvalue weighted by atomic mass is 10.2. The van der Waals surface area contributed by atoms with Crippen LogP contribution in [0.15, 0.2) is 0 Å². The van der Waals surface area contributed by atoms with Crippen LogP contribution >= 0.6 is 22.9 Å². The van der Waals surface area contributed by atoms with E-state index in [2.05, 4.69) is 10.2 Å². The Bertz CT molecular complexity index is 386. The second kappa shape index (κ2) is 5.05. The van der Waals surface area contributed by atoms with Crippen LogP contribution in [-0.4, -0.2) is 58.5 Å². The van der Waals surface area contributed by atoms with Gasteiger partial charge >= 0.3 is 0 Å². The Labute approximate surface area is 101 Å². The van der Waals surface area contributed by atoms with Crippen molar-refractivity contribution >= 4 is 28.8 Å². The Morgan fingerprint density at radius 1 is 1.69 bits per heavy atom. The number of amides is 1. The quantitative estimate of drug-likeness (QED) is 0.814. The Hall–Kier alpha value is -0.760. The Balaban J connectivity index is 2.13. The van der Waals surface area contributed by atoms with Crippen LogP contribution in [0, 0.1) is 0 Å². The molecule has 2 rings (SSSR count). The highest BCUT2D eigenvalue weighted by molar-refractivity contribution is 7.17. The van der Waals surface area contributed by atoms with Gasteiger partial charge in [0.25, 0.3) is 5.91 Å². The van der Waals surface area contributed by atoms with Crippen LogP contribution in [0.3, 0.4) is 0 Å². The number of nitrogens with zero attached hydrogens (tertiary/aromatic N) is 3. The molecule has 0 radical (unpaired) electrons. The topological polar surface area (TPSA) is 75.6 Å². The number of hydrogen-bond acceptors (Lipinski definition) is 6. The molecule has 88 valence electrons. The van der Waals surface area contributed by atoms with E-state index >= 15 is 0 Å². The number of ether oxygens (including phenoxy) is 1. The van der Waals surface area contributed by atoms with Gasteiger partial charge in [-0.1, -0.05) is 11.3 Å². The van der Waals surface area contributed by atoms with Crippen molar-refractivity contribution in [3.05, 3.63) is 9.47 Å². The van der Waals surface area contributed by atoms with E-state index < -0.39 is 0 Å². The molecule has 6 nitrogen and oxygen atoms in total. The van der Waals surface area contributed by atoms with Crippen molar-refractivity contribution in [2.24, 2.45) is 0 Å². The summed E-state index contributed by atoms with van der Waals surface area (Å²) in [5, 5.41) is 16.6. The fourth-order valence-corrected chi connectivity index (χ4v) is 2.27. The molecule has 1 aliphatic heterocycles. The van der Waals surface area contributed by atoms with Gasteiger partial charge in [0.15, 0.2) is 0 Å². The summed E-state index contributed by atoms with van der Waals surface area (Å²) in [6, 6.07) is -0.316. The first kappa shape index (κ1) is 11.7. The van der Waals surface area contributed by atoms with Gasteiger partial charge in [0, 0.05) is 6.54 Å². The summed E-state index contributed by atoms with van der Waals surface area (Å²) in [4.78, 5) is 13.5. The number of morpholine rings is 1. The van der Waals surface area contributed by atoms with E-state index in [0.29, 0.717) is 19.8 Å². The predicted octanol–water partition coefficient (Wildman–Crippen LogP) is 0.0248. The normalized spacial score (nSPS) is 21.1. The highest BCUT2D eigenvalue weighted by Gasteiger charge is 2.29. The number of carbonyl (C=O) groups excluding carboxylic acids is 1. The van der Waals surface area contributed by atoms with E-state index in [4.69, 9.17) is 21.4 Å². The SMILES string of the molecule is O=C(c1nnc(Cl)s1)N1CCOCC1CO. The first-order chi connectivity index (χ1) is 7.72. The van der Waals surface area contributed by atoms with Gasteiger partial charge < -0.3 is 14.7 Å².